The first kappa shape index (κ1) is 54.0. The molecule has 6 rings (SSSR count). The van der Waals surface area contributed by atoms with Crippen LogP contribution in [0.3, 0.4) is 0 Å². The number of hydrogen-bond acceptors (Lipinski definition) is 15. The quantitative estimate of drug-likeness (QED) is 0.164. The fourth-order valence-corrected chi connectivity index (χ4v) is 11.8. The predicted molar refractivity (Wildman–Crippen MR) is 254 cm³/mol. The second-order valence-electron chi connectivity index (χ2n) is 21.1. The van der Waals surface area contributed by atoms with E-state index in [1.54, 1.807) is 39.7 Å². The van der Waals surface area contributed by atoms with Gasteiger partial charge in [-0.05, 0) is 112 Å². The van der Waals surface area contributed by atoms with Gasteiger partial charge >= 0.3 is 12.1 Å². The molecule has 16 heteroatoms. The molecule has 16 nitrogen and oxygen atoms in total. The van der Waals surface area contributed by atoms with E-state index in [-0.39, 0.29) is 37.2 Å². The molecule has 4 fully saturated rings. The molecular formula is C52H81N3O13. The van der Waals surface area contributed by atoms with Gasteiger partial charge in [0.2, 0.25) is 0 Å². The first-order chi connectivity index (χ1) is 32.0. The summed E-state index contributed by atoms with van der Waals surface area (Å²) in [6.07, 6.45) is -3.44. The SMILES string of the molecule is CC[C@H]1OC(=O)[C@H](C)C(OC2C[C@@](C)(OC)[C@@H](O)[C@H](C)O2)[C@H](C)[C@@H](O[C@@H]2O[C@H](C)C[C@H](N(C)C)[C@H]2O)[C@](C)(OC)C[C@@H](C)C(=O)[C@H](C)[C@H]2N(CCCCc3ccnc4ccccc34)C(=O)O[C@]12C. The zero-order chi connectivity index (χ0) is 50.0. The summed E-state index contributed by atoms with van der Waals surface area (Å²) in [5.41, 5.74) is -1.62. The molecule has 0 aliphatic carbocycles. The number of unbranched alkanes of at least 4 members (excludes halogenated alkanes) is 1. The van der Waals surface area contributed by atoms with E-state index in [1.165, 1.54) is 12.7 Å². The Morgan fingerprint density at radius 2 is 1.57 bits per heavy atom. The number of hydrogen-bond donors (Lipinski definition) is 2. The fraction of sp³-hybridized carbons (Fsp3) is 0.769. The Morgan fingerprint density at radius 1 is 0.882 bits per heavy atom. The third-order valence-corrected chi connectivity index (χ3v) is 16.0. The number of aliphatic hydroxyl groups excluding tert-OH is 2. The van der Waals surface area contributed by atoms with Crippen molar-refractivity contribution in [2.24, 2.45) is 23.7 Å². The third kappa shape index (κ3) is 10.9. The number of methoxy groups -OCH3 is 2. The number of carbonyl (C=O) groups excluding carboxylic acids is 3. The normalized spacial score (nSPS) is 41.0. The van der Waals surface area contributed by atoms with Crippen molar-refractivity contribution in [3.63, 3.8) is 0 Å². The summed E-state index contributed by atoms with van der Waals surface area (Å²) in [5.74, 6) is -3.86. The van der Waals surface area contributed by atoms with Crippen LogP contribution in [0, 0.1) is 23.7 Å². The number of para-hydroxylation sites is 1. The molecule has 2 aromatic rings. The van der Waals surface area contributed by atoms with Crippen LogP contribution in [0.5, 0.6) is 0 Å². The second kappa shape index (κ2) is 22.0. The van der Waals surface area contributed by atoms with Crippen molar-refractivity contribution >= 4 is 28.7 Å². The number of likely N-dealkylation sites (N-methyl/N-ethyl adjacent to an activating group) is 1. The molecule has 382 valence electrons. The van der Waals surface area contributed by atoms with Crippen LogP contribution in [0.4, 0.5) is 4.79 Å². The number of ether oxygens (including phenoxy) is 8. The van der Waals surface area contributed by atoms with Crippen LogP contribution in [0.15, 0.2) is 36.5 Å². The van der Waals surface area contributed by atoms with Gasteiger partial charge in [0.05, 0.1) is 53.1 Å². The molecule has 4 aliphatic rings. The summed E-state index contributed by atoms with van der Waals surface area (Å²) in [4.78, 5) is 52.4. The minimum absolute atomic E-state index is 0.126. The zero-order valence-corrected chi connectivity index (χ0v) is 43.0. The Balaban J connectivity index is 1.39. The number of amides is 1. The van der Waals surface area contributed by atoms with E-state index < -0.39 is 108 Å². The molecule has 1 aromatic heterocycles. The van der Waals surface area contributed by atoms with Gasteiger partial charge in [-0.25, -0.2) is 4.79 Å². The van der Waals surface area contributed by atoms with E-state index in [0.29, 0.717) is 19.4 Å². The van der Waals surface area contributed by atoms with Crippen LogP contribution >= 0.6 is 0 Å². The van der Waals surface area contributed by atoms with Crippen LogP contribution in [0.25, 0.3) is 10.9 Å². The van der Waals surface area contributed by atoms with Crippen LogP contribution < -0.4 is 0 Å². The lowest BCUT2D eigenvalue weighted by atomic mass is 9.73. The van der Waals surface area contributed by atoms with Gasteiger partial charge in [-0.1, -0.05) is 45.9 Å². The molecular weight excluding hydrogens is 875 g/mol. The lowest BCUT2D eigenvalue weighted by molar-refractivity contribution is -0.319. The Bertz CT molecular complexity index is 2040. The number of aliphatic hydroxyl groups is 2. The maximum Gasteiger partial charge on any atom is 0.410 e. The largest absolute Gasteiger partial charge is 0.458 e. The summed E-state index contributed by atoms with van der Waals surface area (Å²) in [6, 6.07) is 8.97. The summed E-state index contributed by atoms with van der Waals surface area (Å²) in [5, 5.41) is 24.1. The van der Waals surface area contributed by atoms with Gasteiger partial charge < -0.3 is 57.9 Å². The number of aryl methyl sites for hydroxylation is 1. The Hall–Kier alpha value is -3.32. The van der Waals surface area contributed by atoms with Crippen molar-refractivity contribution < 1.29 is 62.5 Å². The van der Waals surface area contributed by atoms with Crippen molar-refractivity contribution in [1.29, 1.82) is 0 Å². The minimum atomic E-state index is -1.41. The fourth-order valence-electron chi connectivity index (χ4n) is 11.8. The van der Waals surface area contributed by atoms with Crippen LogP contribution in [-0.4, -0.2) is 162 Å². The maximum atomic E-state index is 15.1. The molecule has 2 N–H and O–H groups in total. The highest BCUT2D eigenvalue weighted by Gasteiger charge is 2.61. The molecule has 0 saturated carbocycles. The lowest BCUT2D eigenvalue weighted by Crippen LogP contribution is -2.61. The van der Waals surface area contributed by atoms with Crippen molar-refractivity contribution in [2.75, 3.05) is 34.9 Å². The van der Waals surface area contributed by atoms with E-state index in [4.69, 9.17) is 37.9 Å². The second-order valence-corrected chi connectivity index (χ2v) is 21.1. The summed E-state index contributed by atoms with van der Waals surface area (Å²) >= 11 is 0. The average Bonchev–Trinajstić information content (AvgIpc) is 3.57. The molecule has 0 radical (unpaired) electrons. The van der Waals surface area contributed by atoms with Gasteiger partial charge in [0.1, 0.15) is 24.1 Å². The molecule has 1 amide bonds. The molecule has 18 atom stereocenters. The topological polar surface area (TPSA) is 185 Å². The van der Waals surface area contributed by atoms with E-state index >= 15 is 4.79 Å². The number of ketones is 1. The number of carbonyl (C=O) groups is 3. The Labute approximate surface area is 404 Å². The maximum absolute atomic E-state index is 15.1. The summed E-state index contributed by atoms with van der Waals surface area (Å²) in [7, 11) is 6.88. The first-order valence-electron chi connectivity index (χ1n) is 24.8. The van der Waals surface area contributed by atoms with Gasteiger partial charge in [0, 0.05) is 62.6 Å². The number of fused-ring (bicyclic) bond motifs is 2. The molecule has 2 unspecified atom stereocenters. The minimum Gasteiger partial charge on any atom is -0.458 e. The highest BCUT2D eigenvalue weighted by Crippen LogP contribution is 2.45. The van der Waals surface area contributed by atoms with Crippen LogP contribution in [0.1, 0.15) is 113 Å². The van der Waals surface area contributed by atoms with Gasteiger partial charge in [0.15, 0.2) is 18.2 Å². The predicted octanol–water partition coefficient (Wildman–Crippen LogP) is 6.48. The average molecular weight is 956 g/mol. The molecule has 1 aromatic carbocycles. The highest BCUT2D eigenvalue weighted by molar-refractivity contribution is 5.85. The number of pyridine rings is 1. The number of benzene rings is 1. The first-order valence-corrected chi connectivity index (χ1v) is 24.8. The molecule has 0 spiro atoms. The van der Waals surface area contributed by atoms with Crippen molar-refractivity contribution in [3.05, 3.63) is 42.1 Å². The molecule has 4 saturated heterocycles. The van der Waals surface area contributed by atoms with E-state index in [1.807, 2.05) is 91.0 Å². The smallest absolute Gasteiger partial charge is 0.410 e. The third-order valence-electron chi connectivity index (χ3n) is 16.0. The van der Waals surface area contributed by atoms with Crippen molar-refractivity contribution in [1.82, 2.24) is 14.8 Å². The van der Waals surface area contributed by atoms with Crippen LogP contribution in [0.2, 0.25) is 0 Å². The monoisotopic (exact) mass is 956 g/mol. The lowest BCUT2D eigenvalue weighted by Gasteiger charge is -2.50. The van der Waals surface area contributed by atoms with E-state index in [2.05, 4.69) is 11.1 Å². The highest BCUT2D eigenvalue weighted by atomic mass is 16.7. The van der Waals surface area contributed by atoms with E-state index in [9.17, 15) is 19.8 Å². The number of esters is 1. The number of rotatable bonds is 13. The Kier molecular flexibility index (Phi) is 17.5. The van der Waals surface area contributed by atoms with Gasteiger partial charge in [0.25, 0.3) is 0 Å². The summed E-state index contributed by atoms with van der Waals surface area (Å²) in [6.45, 7) is 18.6. The molecule has 4 aliphatic heterocycles. The van der Waals surface area contributed by atoms with Gasteiger partial charge in [-0.15, -0.1) is 0 Å². The van der Waals surface area contributed by atoms with Crippen LogP contribution in [-0.2, 0) is 53.9 Å². The number of nitrogens with zero attached hydrogens (tertiary/aromatic N) is 3. The van der Waals surface area contributed by atoms with Gasteiger partial charge in [-0.2, -0.15) is 0 Å². The number of aromatic nitrogens is 1. The molecule has 0 bridgehead atoms. The summed E-state index contributed by atoms with van der Waals surface area (Å²) < 4.78 is 51.8. The molecule has 5 heterocycles. The number of Topliss-reactive ketones (excluding diaryl/α,β-unsaturated/α-hetero) is 1. The zero-order valence-electron chi connectivity index (χ0n) is 43.0. The Morgan fingerprint density at radius 3 is 2.24 bits per heavy atom. The molecule has 68 heavy (non-hydrogen) atoms. The van der Waals surface area contributed by atoms with Crippen molar-refractivity contribution in [2.45, 2.75) is 198 Å². The van der Waals surface area contributed by atoms with Crippen molar-refractivity contribution in [3.8, 4) is 0 Å². The van der Waals surface area contributed by atoms with E-state index in [0.717, 1.165) is 23.7 Å². The van der Waals surface area contributed by atoms with Gasteiger partial charge in [-0.3, -0.25) is 14.6 Å². The number of cyclic esters (lactones) is 1. The standard InChI is InChI=1S/C52H81N3O13/c1-15-39-52(10)44(55(49(60)68-52)25-19-18-20-35-23-24-53-37-22-17-16-21-36(35)37)31(4)41(56)29(2)27-51(9,62-14)46(67-48-42(57)38(54(11)12)26-30(3)63-48)32(5)43(33(6)47(59)65-39)66-40-28-50(8,61-13)45(58)34(7)64-40/h16-17,21-24,29-34,38-40,42-46,48,57-58H,15,18-20,25-28H2,1-14H3/t29-,30-,31+,32+,33-,34+,38+,39-,40?,42-,43?,44-,45+,46-,48+,50-,51-,52-/m1/s1.